The van der Waals surface area contributed by atoms with Gasteiger partial charge in [0.15, 0.2) is 0 Å². The predicted molar refractivity (Wildman–Crippen MR) is 90.6 cm³/mol. The summed E-state index contributed by atoms with van der Waals surface area (Å²) in [6, 6.07) is 10.1. The Morgan fingerprint density at radius 1 is 1.19 bits per heavy atom. The first-order valence-electron chi connectivity index (χ1n) is 8.48. The van der Waals surface area contributed by atoms with Crippen LogP contribution in [-0.2, 0) is 10.9 Å². The van der Waals surface area contributed by atoms with Crippen molar-refractivity contribution < 1.29 is 22.7 Å². The van der Waals surface area contributed by atoms with Crippen LogP contribution in [-0.4, -0.2) is 30.1 Å². The lowest BCUT2D eigenvalue weighted by atomic mass is 10.1. The van der Waals surface area contributed by atoms with Crippen LogP contribution in [0, 0.1) is 0 Å². The van der Waals surface area contributed by atoms with Crippen LogP contribution < -0.4 is 5.32 Å². The molecule has 26 heavy (non-hydrogen) atoms. The molecular weight excluding hydrogens is 345 g/mol. The second-order valence-corrected chi connectivity index (χ2v) is 6.19. The molecule has 1 N–H and O–H groups in total. The summed E-state index contributed by atoms with van der Waals surface area (Å²) in [4.78, 5) is 16.0. The van der Waals surface area contributed by atoms with Gasteiger partial charge >= 0.3 is 6.18 Å². The Morgan fingerprint density at radius 2 is 2.00 bits per heavy atom. The second kappa shape index (κ2) is 7.86. The minimum atomic E-state index is -4.51. The first-order chi connectivity index (χ1) is 12.4. The minimum absolute atomic E-state index is 0.0148. The Hall–Kier alpha value is -2.41. The molecule has 3 rings (SSSR count). The standard InChI is InChI=1S/C19H19F3N2O2/c20-19(21,22)17-9-4-8-16(24-17)13-5-3-6-14(11-13)18(25)23-12-15-7-1-2-10-26-15/h3-6,8-9,11,15H,1-2,7,10,12H2,(H,23,25)/t15-/m1/s1. The highest BCUT2D eigenvalue weighted by Gasteiger charge is 2.32. The first kappa shape index (κ1) is 18.4. The van der Waals surface area contributed by atoms with E-state index < -0.39 is 11.9 Å². The Balaban J connectivity index is 1.72. The van der Waals surface area contributed by atoms with Crippen molar-refractivity contribution in [2.45, 2.75) is 31.5 Å². The zero-order valence-electron chi connectivity index (χ0n) is 14.1. The SMILES string of the molecule is O=C(NC[C@H]1CCCCO1)c1cccc(-c2cccc(C(F)(F)F)n2)c1. The highest BCUT2D eigenvalue weighted by molar-refractivity contribution is 5.95. The fourth-order valence-corrected chi connectivity index (χ4v) is 2.85. The maximum Gasteiger partial charge on any atom is 0.433 e. The summed E-state index contributed by atoms with van der Waals surface area (Å²) in [5.74, 6) is -0.284. The second-order valence-electron chi connectivity index (χ2n) is 6.19. The maximum absolute atomic E-state index is 12.8. The van der Waals surface area contributed by atoms with Gasteiger partial charge in [-0.1, -0.05) is 18.2 Å². The van der Waals surface area contributed by atoms with Gasteiger partial charge in [0.25, 0.3) is 5.91 Å². The van der Waals surface area contributed by atoms with Crippen LogP contribution in [0.1, 0.15) is 35.3 Å². The molecule has 4 nitrogen and oxygen atoms in total. The van der Waals surface area contributed by atoms with Crippen molar-refractivity contribution in [2.75, 3.05) is 13.2 Å². The van der Waals surface area contributed by atoms with Gasteiger partial charge in [0, 0.05) is 24.3 Å². The predicted octanol–water partition coefficient (Wildman–Crippen LogP) is 4.07. The normalized spacial score (nSPS) is 17.7. The Morgan fingerprint density at radius 3 is 2.73 bits per heavy atom. The quantitative estimate of drug-likeness (QED) is 0.890. The lowest BCUT2D eigenvalue weighted by molar-refractivity contribution is -0.141. The minimum Gasteiger partial charge on any atom is -0.376 e. The highest BCUT2D eigenvalue weighted by Crippen LogP contribution is 2.29. The monoisotopic (exact) mass is 364 g/mol. The van der Waals surface area contributed by atoms with Gasteiger partial charge in [0.05, 0.1) is 11.8 Å². The number of nitrogens with zero attached hydrogens (tertiary/aromatic N) is 1. The van der Waals surface area contributed by atoms with Crippen molar-refractivity contribution >= 4 is 5.91 Å². The van der Waals surface area contributed by atoms with Crippen LogP contribution in [0.25, 0.3) is 11.3 Å². The summed E-state index contributed by atoms with van der Waals surface area (Å²) in [7, 11) is 0. The van der Waals surface area contributed by atoms with Gasteiger partial charge in [-0.05, 0) is 43.5 Å². The fraction of sp³-hybridized carbons (Fsp3) is 0.368. The summed E-state index contributed by atoms with van der Waals surface area (Å²) in [5.41, 5.74) is 0.0413. The third-order valence-electron chi connectivity index (χ3n) is 4.22. The Bertz CT molecular complexity index is 771. The molecule has 0 bridgehead atoms. The molecule has 1 saturated heterocycles. The number of carbonyl (C=O) groups excluding carboxylic acids is 1. The van der Waals surface area contributed by atoms with Crippen LogP contribution in [0.2, 0.25) is 0 Å². The number of hydrogen-bond donors (Lipinski definition) is 1. The topological polar surface area (TPSA) is 51.2 Å². The van der Waals surface area contributed by atoms with Gasteiger partial charge in [0.2, 0.25) is 0 Å². The van der Waals surface area contributed by atoms with E-state index in [4.69, 9.17) is 4.74 Å². The summed E-state index contributed by atoms with van der Waals surface area (Å²) >= 11 is 0. The van der Waals surface area contributed by atoms with E-state index in [0.29, 0.717) is 24.3 Å². The number of nitrogens with one attached hydrogen (secondary N) is 1. The first-order valence-corrected chi connectivity index (χ1v) is 8.48. The van der Waals surface area contributed by atoms with E-state index in [0.717, 1.165) is 25.3 Å². The number of pyridine rings is 1. The molecule has 1 aliphatic heterocycles. The largest absolute Gasteiger partial charge is 0.433 e. The van der Waals surface area contributed by atoms with Gasteiger partial charge in [-0.3, -0.25) is 4.79 Å². The lowest BCUT2D eigenvalue weighted by Crippen LogP contribution is -2.35. The third-order valence-corrected chi connectivity index (χ3v) is 4.22. The summed E-state index contributed by atoms with van der Waals surface area (Å²) in [5, 5.41) is 2.82. The molecule has 1 aliphatic rings. The molecule has 0 spiro atoms. The highest BCUT2D eigenvalue weighted by atomic mass is 19.4. The average Bonchev–Trinajstić information content (AvgIpc) is 2.66. The number of rotatable bonds is 4. The summed E-state index contributed by atoms with van der Waals surface area (Å²) < 4.78 is 44.1. The summed E-state index contributed by atoms with van der Waals surface area (Å²) in [6.45, 7) is 1.13. The van der Waals surface area contributed by atoms with Crippen molar-refractivity contribution in [3.05, 3.63) is 53.7 Å². The van der Waals surface area contributed by atoms with E-state index >= 15 is 0 Å². The zero-order valence-corrected chi connectivity index (χ0v) is 14.1. The van der Waals surface area contributed by atoms with Crippen molar-refractivity contribution in [3.8, 4) is 11.3 Å². The Kier molecular flexibility index (Phi) is 5.56. The molecule has 1 amide bonds. The number of carbonyl (C=O) groups is 1. The fourth-order valence-electron chi connectivity index (χ4n) is 2.85. The molecular formula is C19H19F3N2O2. The van der Waals surface area contributed by atoms with E-state index in [1.165, 1.54) is 12.1 Å². The number of hydrogen-bond acceptors (Lipinski definition) is 3. The number of halogens is 3. The van der Waals surface area contributed by atoms with Gasteiger partial charge in [-0.2, -0.15) is 13.2 Å². The van der Waals surface area contributed by atoms with Crippen molar-refractivity contribution in [2.24, 2.45) is 0 Å². The van der Waals surface area contributed by atoms with Gasteiger partial charge in [-0.15, -0.1) is 0 Å². The van der Waals surface area contributed by atoms with Crippen LogP contribution >= 0.6 is 0 Å². The van der Waals surface area contributed by atoms with Crippen molar-refractivity contribution in [1.29, 1.82) is 0 Å². The van der Waals surface area contributed by atoms with Gasteiger partial charge < -0.3 is 10.1 Å². The lowest BCUT2D eigenvalue weighted by Gasteiger charge is -2.22. The molecule has 0 aliphatic carbocycles. The van der Waals surface area contributed by atoms with E-state index in [1.807, 2.05) is 0 Å². The zero-order chi connectivity index (χ0) is 18.6. The molecule has 7 heteroatoms. The molecule has 1 fully saturated rings. The number of amides is 1. The molecule has 0 radical (unpaired) electrons. The van der Waals surface area contributed by atoms with Crippen LogP contribution in [0.5, 0.6) is 0 Å². The van der Waals surface area contributed by atoms with Gasteiger partial charge in [-0.25, -0.2) is 4.98 Å². The molecule has 0 unspecified atom stereocenters. The summed E-state index contributed by atoms with van der Waals surface area (Å²) in [6.07, 6.45) is -1.46. The maximum atomic E-state index is 12.8. The third kappa shape index (κ3) is 4.60. The number of benzene rings is 1. The van der Waals surface area contributed by atoms with E-state index in [-0.39, 0.29) is 17.7 Å². The number of alkyl halides is 3. The molecule has 1 atom stereocenters. The average molecular weight is 364 g/mol. The molecule has 138 valence electrons. The van der Waals surface area contributed by atoms with Crippen molar-refractivity contribution in [1.82, 2.24) is 10.3 Å². The smallest absolute Gasteiger partial charge is 0.376 e. The van der Waals surface area contributed by atoms with Gasteiger partial charge in [0.1, 0.15) is 5.69 Å². The molecule has 2 aromatic rings. The molecule has 1 aromatic carbocycles. The molecule has 1 aromatic heterocycles. The van der Waals surface area contributed by atoms with E-state index in [1.54, 1.807) is 24.3 Å². The van der Waals surface area contributed by atoms with E-state index in [2.05, 4.69) is 10.3 Å². The van der Waals surface area contributed by atoms with E-state index in [9.17, 15) is 18.0 Å². The Labute approximate surface area is 149 Å². The van der Waals surface area contributed by atoms with Crippen LogP contribution in [0.15, 0.2) is 42.5 Å². The molecule has 2 heterocycles. The van der Waals surface area contributed by atoms with Crippen LogP contribution in [0.3, 0.4) is 0 Å². The molecule has 0 saturated carbocycles. The number of aromatic nitrogens is 1. The van der Waals surface area contributed by atoms with Crippen molar-refractivity contribution in [3.63, 3.8) is 0 Å². The number of ether oxygens (including phenoxy) is 1. The van der Waals surface area contributed by atoms with Crippen LogP contribution in [0.4, 0.5) is 13.2 Å².